The number of hydrogen-bond donors (Lipinski definition) is 0. The van der Waals surface area contributed by atoms with Crippen LogP contribution in [0.1, 0.15) is 26.3 Å². The van der Waals surface area contributed by atoms with Crippen molar-refractivity contribution in [2.75, 3.05) is 7.11 Å². The summed E-state index contributed by atoms with van der Waals surface area (Å²) in [6, 6.07) is 5.81. The number of esters is 1. The third-order valence-corrected chi connectivity index (χ3v) is 1.92. The van der Waals surface area contributed by atoms with Gasteiger partial charge in [-0.3, -0.25) is 0 Å². The van der Waals surface area contributed by atoms with Crippen molar-refractivity contribution in [1.82, 2.24) is 0 Å². The Morgan fingerprint density at radius 1 is 1.28 bits per heavy atom. The highest BCUT2D eigenvalue weighted by atomic mass is 19.1. The maximum atomic E-state index is 13.6. The van der Waals surface area contributed by atoms with Crippen molar-refractivity contribution < 1.29 is 18.8 Å². The molecule has 0 amide bonds. The second-order valence-electron chi connectivity index (χ2n) is 4.61. The zero-order chi connectivity index (χ0) is 13.8. The molecule has 1 aromatic carbocycles. The molecule has 0 aliphatic heterocycles. The van der Waals surface area contributed by atoms with E-state index in [4.69, 9.17) is 4.84 Å². The Morgan fingerprint density at radius 2 is 1.89 bits per heavy atom. The summed E-state index contributed by atoms with van der Waals surface area (Å²) in [5, 5.41) is 3.70. The molecule has 0 heterocycles. The second kappa shape index (κ2) is 5.62. The fraction of sp³-hybridized carbons (Fsp3) is 0.385. The summed E-state index contributed by atoms with van der Waals surface area (Å²) in [5.74, 6) is -1.30. The molecule has 0 aliphatic carbocycles. The molecule has 0 saturated heterocycles. The number of oxime groups is 1. The summed E-state index contributed by atoms with van der Waals surface area (Å²) in [6.45, 7) is 5.31. The van der Waals surface area contributed by atoms with Crippen LogP contribution in [0.3, 0.4) is 0 Å². The standard InChI is InChI=1S/C13H16FNO3/c1-13(2,3)18-15-11(12(16)17-4)9-7-5-6-8-10(9)14/h5-8H,1-4H3/b15-11-. The molecular formula is C13H16FNO3. The highest BCUT2D eigenvalue weighted by molar-refractivity contribution is 6.43. The summed E-state index contributed by atoms with van der Waals surface area (Å²) in [4.78, 5) is 16.7. The largest absolute Gasteiger partial charge is 0.464 e. The molecule has 0 radical (unpaired) electrons. The Kier molecular flexibility index (Phi) is 4.42. The summed E-state index contributed by atoms with van der Waals surface area (Å²) < 4.78 is 18.2. The van der Waals surface area contributed by atoms with Crippen molar-refractivity contribution >= 4 is 11.7 Å². The van der Waals surface area contributed by atoms with E-state index in [1.54, 1.807) is 26.8 Å². The highest BCUT2D eigenvalue weighted by Gasteiger charge is 2.21. The second-order valence-corrected chi connectivity index (χ2v) is 4.61. The van der Waals surface area contributed by atoms with E-state index < -0.39 is 17.4 Å². The fourth-order valence-electron chi connectivity index (χ4n) is 1.13. The van der Waals surface area contributed by atoms with Gasteiger partial charge >= 0.3 is 5.97 Å². The number of carbonyl (C=O) groups is 1. The lowest BCUT2D eigenvalue weighted by molar-refractivity contribution is -0.133. The Labute approximate surface area is 105 Å². The summed E-state index contributed by atoms with van der Waals surface area (Å²) in [6.07, 6.45) is 0. The minimum Gasteiger partial charge on any atom is -0.464 e. The van der Waals surface area contributed by atoms with Crippen LogP contribution < -0.4 is 0 Å². The molecular weight excluding hydrogens is 237 g/mol. The van der Waals surface area contributed by atoms with Gasteiger partial charge in [0.25, 0.3) is 0 Å². The quantitative estimate of drug-likeness (QED) is 0.472. The SMILES string of the molecule is COC(=O)/C(=N\OC(C)(C)C)c1ccccc1F. The average molecular weight is 253 g/mol. The number of ether oxygens (including phenoxy) is 1. The van der Waals surface area contributed by atoms with Crippen LogP contribution in [0.15, 0.2) is 29.4 Å². The molecule has 0 saturated carbocycles. The predicted octanol–water partition coefficient (Wildman–Crippen LogP) is 2.52. The van der Waals surface area contributed by atoms with E-state index in [0.717, 1.165) is 0 Å². The molecule has 0 N–H and O–H groups in total. The van der Waals surface area contributed by atoms with E-state index >= 15 is 0 Å². The van der Waals surface area contributed by atoms with Crippen molar-refractivity contribution in [2.24, 2.45) is 5.16 Å². The molecule has 0 aliphatic rings. The van der Waals surface area contributed by atoms with Crippen molar-refractivity contribution in [2.45, 2.75) is 26.4 Å². The van der Waals surface area contributed by atoms with E-state index in [1.165, 1.54) is 25.3 Å². The van der Waals surface area contributed by atoms with Gasteiger partial charge in [0.2, 0.25) is 0 Å². The first-order chi connectivity index (χ1) is 8.35. The van der Waals surface area contributed by atoms with Crippen molar-refractivity contribution in [1.29, 1.82) is 0 Å². The first kappa shape index (κ1) is 14.2. The minimum absolute atomic E-state index is 0.0496. The van der Waals surface area contributed by atoms with Crippen LogP contribution in [-0.2, 0) is 14.4 Å². The van der Waals surface area contributed by atoms with Crippen LogP contribution in [0.25, 0.3) is 0 Å². The molecule has 0 aromatic heterocycles. The van der Waals surface area contributed by atoms with Gasteiger partial charge in [0.15, 0.2) is 5.71 Å². The third kappa shape index (κ3) is 3.84. The molecule has 0 fully saturated rings. The Morgan fingerprint density at radius 3 is 2.39 bits per heavy atom. The van der Waals surface area contributed by atoms with Gasteiger partial charge in [0.1, 0.15) is 11.4 Å². The monoisotopic (exact) mass is 253 g/mol. The van der Waals surface area contributed by atoms with E-state index in [-0.39, 0.29) is 11.3 Å². The molecule has 0 atom stereocenters. The smallest absolute Gasteiger partial charge is 0.360 e. The van der Waals surface area contributed by atoms with Crippen molar-refractivity contribution in [3.05, 3.63) is 35.6 Å². The van der Waals surface area contributed by atoms with Crippen LogP contribution in [-0.4, -0.2) is 24.4 Å². The van der Waals surface area contributed by atoms with Crippen LogP contribution in [0, 0.1) is 5.82 Å². The third-order valence-electron chi connectivity index (χ3n) is 1.92. The summed E-state index contributed by atoms with van der Waals surface area (Å²) in [5.41, 5.74) is -0.719. The molecule has 18 heavy (non-hydrogen) atoms. The van der Waals surface area contributed by atoms with Gasteiger partial charge < -0.3 is 9.57 Å². The lowest BCUT2D eigenvalue weighted by atomic mass is 10.1. The first-order valence-electron chi connectivity index (χ1n) is 5.44. The molecule has 4 nitrogen and oxygen atoms in total. The number of rotatable bonds is 3. The Balaban J connectivity index is 3.15. The molecule has 5 heteroatoms. The Bertz CT molecular complexity index is 464. The minimum atomic E-state index is -0.746. The average Bonchev–Trinajstić information content (AvgIpc) is 2.29. The summed E-state index contributed by atoms with van der Waals surface area (Å²) in [7, 11) is 1.20. The maximum absolute atomic E-state index is 13.6. The zero-order valence-electron chi connectivity index (χ0n) is 10.9. The fourth-order valence-corrected chi connectivity index (χ4v) is 1.13. The zero-order valence-corrected chi connectivity index (χ0v) is 10.9. The number of halogens is 1. The van der Waals surface area contributed by atoms with Gasteiger partial charge in [-0.25, -0.2) is 9.18 Å². The number of carbonyl (C=O) groups excluding carboxylic acids is 1. The van der Waals surface area contributed by atoms with Crippen LogP contribution in [0.2, 0.25) is 0 Å². The van der Waals surface area contributed by atoms with E-state index in [2.05, 4.69) is 9.89 Å². The first-order valence-corrected chi connectivity index (χ1v) is 5.44. The molecule has 1 aromatic rings. The van der Waals surface area contributed by atoms with Gasteiger partial charge in [0.05, 0.1) is 7.11 Å². The van der Waals surface area contributed by atoms with Gasteiger partial charge in [0, 0.05) is 5.56 Å². The van der Waals surface area contributed by atoms with E-state index in [9.17, 15) is 9.18 Å². The van der Waals surface area contributed by atoms with Crippen LogP contribution >= 0.6 is 0 Å². The Hall–Kier alpha value is -1.91. The van der Waals surface area contributed by atoms with Gasteiger partial charge in [-0.05, 0) is 32.9 Å². The van der Waals surface area contributed by atoms with E-state index in [1.807, 2.05) is 0 Å². The van der Waals surface area contributed by atoms with Crippen molar-refractivity contribution in [3.8, 4) is 0 Å². The van der Waals surface area contributed by atoms with Crippen LogP contribution in [0.4, 0.5) is 4.39 Å². The number of benzene rings is 1. The topological polar surface area (TPSA) is 47.9 Å². The lowest BCUT2D eigenvalue weighted by Crippen LogP contribution is -2.23. The van der Waals surface area contributed by atoms with E-state index in [0.29, 0.717) is 0 Å². The number of nitrogens with zero attached hydrogens (tertiary/aromatic N) is 1. The van der Waals surface area contributed by atoms with Gasteiger partial charge in [-0.2, -0.15) is 0 Å². The molecule has 98 valence electrons. The normalized spacial score (nSPS) is 12.2. The van der Waals surface area contributed by atoms with Crippen LogP contribution in [0.5, 0.6) is 0 Å². The van der Waals surface area contributed by atoms with Crippen molar-refractivity contribution in [3.63, 3.8) is 0 Å². The predicted molar refractivity (Wildman–Crippen MR) is 65.8 cm³/mol. The number of hydrogen-bond acceptors (Lipinski definition) is 4. The lowest BCUT2D eigenvalue weighted by Gasteiger charge is -2.16. The molecule has 0 unspecified atom stereocenters. The molecule has 0 spiro atoms. The summed E-state index contributed by atoms with van der Waals surface area (Å²) >= 11 is 0. The van der Waals surface area contributed by atoms with Gasteiger partial charge in [-0.15, -0.1) is 0 Å². The molecule has 1 rings (SSSR count). The highest BCUT2D eigenvalue weighted by Crippen LogP contribution is 2.13. The maximum Gasteiger partial charge on any atom is 0.360 e. The van der Waals surface area contributed by atoms with Gasteiger partial charge in [-0.1, -0.05) is 17.3 Å². The molecule has 0 bridgehead atoms. The number of methoxy groups -OCH3 is 1.